The van der Waals surface area contributed by atoms with Gasteiger partial charge in [-0.05, 0) is 32.4 Å². The van der Waals surface area contributed by atoms with Gasteiger partial charge in [-0.3, -0.25) is 0 Å². The van der Waals surface area contributed by atoms with E-state index in [1.54, 1.807) is 7.11 Å². The normalized spacial score (nSPS) is 10.1. The number of carbonyl (C=O) groups excluding carboxylic acids is 1. The largest absolute Gasteiger partial charge is 0.494 e. The van der Waals surface area contributed by atoms with E-state index < -0.39 is 0 Å². The molecule has 0 heterocycles. The van der Waals surface area contributed by atoms with Crippen LogP contribution in [-0.2, 0) is 0 Å². The van der Waals surface area contributed by atoms with Gasteiger partial charge in [0.25, 0.3) is 0 Å². The first kappa shape index (κ1) is 17.1. The summed E-state index contributed by atoms with van der Waals surface area (Å²) < 4.78 is 5.38. The highest BCUT2D eigenvalue weighted by Crippen LogP contribution is 2.29. The lowest BCUT2D eigenvalue weighted by Gasteiger charge is -2.22. The van der Waals surface area contributed by atoms with Gasteiger partial charge in [0.05, 0.1) is 12.8 Å². The molecule has 0 spiro atoms. The Labute approximate surface area is 127 Å². The number of unbranched alkanes of at least 4 members (excludes halogenated alkanes) is 1. The molecule has 0 aliphatic heterocycles. The zero-order valence-corrected chi connectivity index (χ0v) is 13.5. The van der Waals surface area contributed by atoms with Gasteiger partial charge in [0.2, 0.25) is 0 Å². The smallest absolute Gasteiger partial charge is 0.319 e. The van der Waals surface area contributed by atoms with Gasteiger partial charge in [0, 0.05) is 31.4 Å². The Morgan fingerprint density at radius 1 is 1.24 bits per heavy atom. The highest BCUT2D eigenvalue weighted by atomic mass is 16.5. The van der Waals surface area contributed by atoms with Gasteiger partial charge < -0.3 is 20.3 Å². The Bertz CT molecular complexity index is 445. The van der Waals surface area contributed by atoms with Crippen molar-refractivity contribution in [2.75, 3.05) is 37.0 Å². The predicted molar refractivity (Wildman–Crippen MR) is 88.5 cm³/mol. The van der Waals surface area contributed by atoms with Crippen LogP contribution in [0.3, 0.4) is 0 Å². The summed E-state index contributed by atoms with van der Waals surface area (Å²) in [6.45, 7) is 8.87. The first-order valence-electron chi connectivity index (χ1n) is 7.64. The lowest BCUT2D eigenvalue weighted by atomic mass is 10.2. The van der Waals surface area contributed by atoms with Crippen LogP contribution in [0, 0.1) is 0 Å². The molecule has 118 valence electrons. The standard InChI is InChI=1S/C16H27N3O2/c1-5-8-11-17-16(20)18-14-10-9-13(12-15(14)21-4)19(6-2)7-3/h9-10,12H,5-8,11H2,1-4H3,(H2,17,18,20). The summed E-state index contributed by atoms with van der Waals surface area (Å²) in [6, 6.07) is 5.63. The lowest BCUT2D eigenvalue weighted by Crippen LogP contribution is -2.29. The predicted octanol–water partition coefficient (Wildman–Crippen LogP) is 3.46. The quantitative estimate of drug-likeness (QED) is 0.722. The highest BCUT2D eigenvalue weighted by Gasteiger charge is 2.10. The first-order valence-corrected chi connectivity index (χ1v) is 7.64. The first-order chi connectivity index (χ1) is 10.2. The van der Waals surface area contributed by atoms with E-state index in [1.165, 1.54) is 0 Å². The summed E-state index contributed by atoms with van der Waals surface area (Å²) in [4.78, 5) is 14.0. The van der Waals surface area contributed by atoms with Gasteiger partial charge in [0.1, 0.15) is 5.75 Å². The van der Waals surface area contributed by atoms with Crippen molar-refractivity contribution in [2.24, 2.45) is 0 Å². The fraction of sp³-hybridized carbons (Fsp3) is 0.562. The Balaban J connectivity index is 2.76. The number of benzene rings is 1. The van der Waals surface area contributed by atoms with Crippen LogP contribution < -0.4 is 20.3 Å². The maximum atomic E-state index is 11.8. The van der Waals surface area contributed by atoms with Gasteiger partial charge in [0.15, 0.2) is 0 Å². The molecule has 0 aliphatic carbocycles. The topological polar surface area (TPSA) is 53.6 Å². The summed E-state index contributed by atoms with van der Waals surface area (Å²) >= 11 is 0. The SMILES string of the molecule is CCCCNC(=O)Nc1ccc(N(CC)CC)cc1OC. The van der Waals surface area contributed by atoms with Gasteiger partial charge in [-0.1, -0.05) is 13.3 Å². The number of hydrogen-bond acceptors (Lipinski definition) is 3. The molecule has 0 aliphatic rings. The number of carbonyl (C=O) groups is 1. The molecule has 0 bridgehead atoms. The van der Waals surface area contributed by atoms with Crippen LogP contribution in [-0.4, -0.2) is 32.8 Å². The van der Waals surface area contributed by atoms with Crippen molar-refractivity contribution in [2.45, 2.75) is 33.6 Å². The second-order valence-electron chi connectivity index (χ2n) is 4.79. The number of urea groups is 1. The number of hydrogen-bond donors (Lipinski definition) is 2. The molecule has 5 heteroatoms. The van der Waals surface area contributed by atoms with Crippen molar-refractivity contribution in [1.82, 2.24) is 5.32 Å². The number of anilines is 2. The maximum absolute atomic E-state index is 11.8. The van der Waals surface area contributed by atoms with E-state index >= 15 is 0 Å². The molecule has 0 radical (unpaired) electrons. The molecule has 0 unspecified atom stereocenters. The van der Waals surface area contributed by atoms with Crippen LogP contribution in [0.5, 0.6) is 5.75 Å². The monoisotopic (exact) mass is 293 g/mol. The number of nitrogens with one attached hydrogen (secondary N) is 2. The van der Waals surface area contributed by atoms with Crippen LogP contribution in [0.1, 0.15) is 33.6 Å². The summed E-state index contributed by atoms with van der Waals surface area (Å²) in [5, 5.41) is 5.66. The third-order valence-electron chi connectivity index (χ3n) is 3.38. The summed E-state index contributed by atoms with van der Waals surface area (Å²) in [7, 11) is 1.61. The van der Waals surface area contributed by atoms with Crippen molar-refractivity contribution in [3.05, 3.63) is 18.2 Å². The Kier molecular flexibility index (Phi) is 7.43. The molecule has 0 atom stereocenters. The molecule has 1 aromatic carbocycles. The minimum absolute atomic E-state index is 0.197. The summed E-state index contributed by atoms with van der Waals surface area (Å²) in [6.07, 6.45) is 2.04. The van der Waals surface area contributed by atoms with Crippen LogP contribution >= 0.6 is 0 Å². The maximum Gasteiger partial charge on any atom is 0.319 e. The lowest BCUT2D eigenvalue weighted by molar-refractivity contribution is 0.252. The molecule has 1 rings (SSSR count). The Morgan fingerprint density at radius 3 is 2.52 bits per heavy atom. The van der Waals surface area contributed by atoms with Crippen molar-refractivity contribution < 1.29 is 9.53 Å². The zero-order valence-electron chi connectivity index (χ0n) is 13.5. The minimum atomic E-state index is -0.197. The molecule has 0 fully saturated rings. The molecule has 2 N–H and O–H groups in total. The summed E-state index contributed by atoms with van der Waals surface area (Å²) in [5.41, 5.74) is 1.77. The van der Waals surface area contributed by atoms with Crippen LogP contribution in [0.25, 0.3) is 0 Å². The van der Waals surface area contributed by atoms with Crippen molar-refractivity contribution in [3.8, 4) is 5.75 Å². The van der Waals surface area contributed by atoms with E-state index in [2.05, 4.69) is 36.3 Å². The molecule has 0 aromatic heterocycles. The third-order valence-corrected chi connectivity index (χ3v) is 3.38. The van der Waals surface area contributed by atoms with E-state index in [-0.39, 0.29) is 6.03 Å². The molecular formula is C16H27N3O2. The van der Waals surface area contributed by atoms with E-state index in [1.807, 2.05) is 18.2 Å². The van der Waals surface area contributed by atoms with E-state index in [0.717, 1.165) is 31.6 Å². The van der Waals surface area contributed by atoms with Gasteiger partial charge >= 0.3 is 6.03 Å². The zero-order chi connectivity index (χ0) is 15.7. The molecule has 0 saturated heterocycles. The Morgan fingerprint density at radius 2 is 1.95 bits per heavy atom. The molecule has 2 amide bonds. The van der Waals surface area contributed by atoms with Crippen LogP contribution in [0.2, 0.25) is 0 Å². The van der Waals surface area contributed by atoms with Crippen molar-refractivity contribution in [1.29, 1.82) is 0 Å². The van der Waals surface area contributed by atoms with Gasteiger partial charge in [-0.25, -0.2) is 4.79 Å². The molecule has 1 aromatic rings. The van der Waals surface area contributed by atoms with E-state index in [0.29, 0.717) is 18.0 Å². The van der Waals surface area contributed by atoms with Crippen molar-refractivity contribution >= 4 is 17.4 Å². The minimum Gasteiger partial charge on any atom is -0.494 e. The van der Waals surface area contributed by atoms with Gasteiger partial charge in [-0.15, -0.1) is 0 Å². The average molecular weight is 293 g/mol. The fourth-order valence-corrected chi connectivity index (χ4v) is 2.11. The van der Waals surface area contributed by atoms with E-state index in [9.17, 15) is 4.79 Å². The van der Waals surface area contributed by atoms with Crippen LogP contribution in [0.4, 0.5) is 16.2 Å². The number of methoxy groups -OCH3 is 1. The highest BCUT2D eigenvalue weighted by molar-refractivity contribution is 5.91. The fourth-order valence-electron chi connectivity index (χ4n) is 2.11. The van der Waals surface area contributed by atoms with E-state index in [4.69, 9.17) is 4.74 Å². The molecule has 0 saturated carbocycles. The number of amides is 2. The average Bonchev–Trinajstić information content (AvgIpc) is 2.50. The Hall–Kier alpha value is -1.91. The molecule has 5 nitrogen and oxygen atoms in total. The van der Waals surface area contributed by atoms with Gasteiger partial charge in [-0.2, -0.15) is 0 Å². The molecule has 21 heavy (non-hydrogen) atoms. The third kappa shape index (κ3) is 5.17. The number of rotatable bonds is 8. The molecular weight excluding hydrogens is 266 g/mol. The second kappa shape index (κ2) is 9.10. The second-order valence-corrected chi connectivity index (χ2v) is 4.79. The van der Waals surface area contributed by atoms with Crippen LogP contribution in [0.15, 0.2) is 18.2 Å². The van der Waals surface area contributed by atoms with Crippen molar-refractivity contribution in [3.63, 3.8) is 0 Å². The number of ether oxygens (including phenoxy) is 1. The number of nitrogens with zero attached hydrogens (tertiary/aromatic N) is 1. The summed E-state index contributed by atoms with van der Waals surface area (Å²) in [5.74, 6) is 0.671.